The summed E-state index contributed by atoms with van der Waals surface area (Å²) < 4.78 is 6.38. The number of nitrogens with zero attached hydrogens (tertiary/aromatic N) is 1. The molecule has 1 fully saturated rings. The summed E-state index contributed by atoms with van der Waals surface area (Å²) in [6.07, 6.45) is 4.54. The van der Waals surface area contributed by atoms with Gasteiger partial charge in [-0.15, -0.1) is 0 Å². The van der Waals surface area contributed by atoms with Crippen molar-refractivity contribution in [1.29, 1.82) is 0 Å². The molecule has 0 saturated carbocycles. The number of methoxy groups -OCH3 is 1. The predicted octanol–water partition coefficient (Wildman–Crippen LogP) is 6.26. The molecule has 1 saturated heterocycles. The zero-order valence-corrected chi connectivity index (χ0v) is 18.1. The van der Waals surface area contributed by atoms with Gasteiger partial charge in [-0.05, 0) is 86.1 Å². The zero-order valence-electron chi connectivity index (χ0n) is 15.0. The van der Waals surface area contributed by atoms with Crippen LogP contribution in [-0.2, 0) is 12.8 Å². The maximum atomic E-state index is 6.35. The summed E-state index contributed by atoms with van der Waals surface area (Å²) in [4.78, 5) is 2.55. The number of piperidine rings is 1. The molecular weight excluding hydrogens is 433 g/mol. The van der Waals surface area contributed by atoms with E-state index in [2.05, 4.69) is 33.0 Å². The highest BCUT2D eigenvalue weighted by molar-refractivity contribution is 9.10. The Labute approximate surface area is 174 Å². The number of likely N-dealkylation sites (tertiary alicyclic amines) is 1. The lowest BCUT2D eigenvalue weighted by Gasteiger charge is -2.32. The first-order valence-corrected chi connectivity index (χ1v) is 10.6. The SMILES string of the molecule is COc1ccc(CCN2CCC(Cc3cc(Cl)ccc3Br)CC2)c(Cl)c1. The molecule has 1 aliphatic heterocycles. The van der Waals surface area contributed by atoms with Crippen molar-refractivity contribution < 1.29 is 4.74 Å². The van der Waals surface area contributed by atoms with Crippen LogP contribution in [0.4, 0.5) is 0 Å². The van der Waals surface area contributed by atoms with Crippen LogP contribution in [0.2, 0.25) is 10.0 Å². The van der Waals surface area contributed by atoms with Crippen LogP contribution < -0.4 is 4.74 Å². The number of rotatable bonds is 6. The number of ether oxygens (including phenoxy) is 1. The molecule has 1 aliphatic rings. The quantitative estimate of drug-likeness (QED) is 0.508. The van der Waals surface area contributed by atoms with E-state index in [0.29, 0.717) is 0 Å². The monoisotopic (exact) mass is 455 g/mol. The van der Waals surface area contributed by atoms with Gasteiger partial charge in [0.05, 0.1) is 7.11 Å². The van der Waals surface area contributed by atoms with Crippen molar-refractivity contribution in [3.05, 3.63) is 62.0 Å². The minimum Gasteiger partial charge on any atom is -0.497 e. The second-order valence-electron chi connectivity index (χ2n) is 6.93. The van der Waals surface area contributed by atoms with Gasteiger partial charge in [0, 0.05) is 21.1 Å². The Bertz CT molecular complexity index is 745. The van der Waals surface area contributed by atoms with E-state index in [1.807, 2.05) is 24.3 Å². The van der Waals surface area contributed by atoms with Gasteiger partial charge in [-0.1, -0.05) is 45.2 Å². The van der Waals surface area contributed by atoms with Crippen LogP contribution in [0.3, 0.4) is 0 Å². The largest absolute Gasteiger partial charge is 0.497 e. The lowest BCUT2D eigenvalue weighted by molar-refractivity contribution is 0.186. The summed E-state index contributed by atoms with van der Waals surface area (Å²) in [7, 11) is 1.66. The Morgan fingerprint density at radius 2 is 1.85 bits per heavy atom. The van der Waals surface area contributed by atoms with Crippen LogP contribution in [0.15, 0.2) is 40.9 Å². The fourth-order valence-corrected chi connectivity index (χ4v) is 4.43. The summed E-state index contributed by atoms with van der Waals surface area (Å²) in [5.41, 5.74) is 2.51. The molecule has 26 heavy (non-hydrogen) atoms. The summed E-state index contributed by atoms with van der Waals surface area (Å²) in [5, 5.41) is 1.61. The zero-order chi connectivity index (χ0) is 18.5. The Balaban J connectivity index is 1.47. The van der Waals surface area contributed by atoms with E-state index in [1.54, 1.807) is 7.11 Å². The van der Waals surface area contributed by atoms with Gasteiger partial charge in [-0.2, -0.15) is 0 Å². The van der Waals surface area contributed by atoms with E-state index in [1.165, 1.54) is 28.4 Å². The van der Waals surface area contributed by atoms with Crippen LogP contribution >= 0.6 is 39.1 Å². The molecule has 140 valence electrons. The molecule has 0 spiro atoms. The number of hydrogen-bond donors (Lipinski definition) is 0. The van der Waals surface area contributed by atoms with Gasteiger partial charge in [-0.25, -0.2) is 0 Å². The Morgan fingerprint density at radius 1 is 1.08 bits per heavy atom. The molecule has 0 unspecified atom stereocenters. The first kappa shape index (κ1) is 20.0. The summed E-state index contributed by atoms with van der Waals surface area (Å²) in [6.45, 7) is 3.35. The second kappa shape index (κ2) is 9.45. The van der Waals surface area contributed by atoms with Crippen molar-refractivity contribution in [3.8, 4) is 5.75 Å². The van der Waals surface area contributed by atoms with E-state index in [0.717, 1.165) is 54.2 Å². The predicted molar refractivity (Wildman–Crippen MR) is 114 cm³/mol. The van der Waals surface area contributed by atoms with Gasteiger partial charge in [0.15, 0.2) is 0 Å². The third-order valence-electron chi connectivity index (χ3n) is 5.18. The van der Waals surface area contributed by atoms with Crippen LogP contribution in [-0.4, -0.2) is 31.6 Å². The lowest BCUT2D eigenvalue weighted by Crippen LogP contribution is -2.35. The molecule has 0 radical (unpaired) electrons. The number of benzene rings is 2. The Hall–Kier alpha value is -0.740. The molecule has 0 atom stereocenters. The summed E-state index contributed by atoms with van der Waals surface area (Å²) in [5.74, 6) is 1.54. The standard InChI is InChI=1S/C21H24BrCl2NO/c1-26-19-4-2-16(21(24)14-19)8-11-25-9-6-15(7-10-25)12-17-13-18(23)3-5-20(17)22/h2-5,13-15H,6-12H2,1H3. The van der Waals surface area contributed by atoms with E-state index < -0.39 is 0 Å². The van der Waals surface area contributed by atoms with Crippen molar-refractivity contribution in [3.63, 3.8) is 0 Å². The normalized spacial score (nSPS) is 16.0. The van der Waals surface area contributed by atoms with Gasteiger partial charge in [0.25, 0.3) is 0 Å². The molecule has 5 heteroatoms. The fourth-order valence-electron chi connectivity index (χ4n) is 3.56. The first-order valence-electron chi connectivity index (χ1n) is 9.04. The van der Waals surface area contributed by atoms with Gasteiger partial charge in [0.1, 0.15) is 5.75 Å². The highest BCUT2D eigenvalue weighted by atomic mass is 79.9. The van der Waals surface area contributed by atoms with Gasteiger partial charge in [-0.3, -0.25) is 0 Å². The van der Waals surface area contributed by atoms with Crippen LogP contribution in [0.1, 0.15) is 24.0 Å². The Morgan fingerprint density at radius 3 is 2.54 bits per heavy atom. The molecule has 2 aromatic carbocycles. The van der Waals surface area contributed by atoms with Crippen molar-refractivity contribution in [2.24, 2.45) is 5.92 Å². The smallest absolute Gasteiger partial charge is 0.120 e. The molecule has 0 bridgehead atoms. The molecule has 2 aromatic rings. The van der Waals surface area contributed by atoms with Crippen LogP contribution in [0.25, 0.3) is 0 Å². The van der Waals surface area contributed by atoms with Gasteiger partial charge >= 0.3 is 0 Å². The van der Waals surface area contributed by atoms with Gasteiger partial charge in [0.2, 0.25) is 0 Å². The van der Waals surface area contributed by atoms with Crippen LogP contribution in [0, 0.1) is 5.92 Å². The topological polar surface area (TPSA) is 12.5 Å². The minimum atomic E-state index is 0.727. The summed E-state index contributed by atoms with van der Waals surface area (Å²) in [6, 6.07) is 12.0. The average Bonchev–Trinajstić information content (AvgIpc) is 2.65. The van der Waals surface area contributed by atoms with E-state index in [-0.39, 0.29) is 0 Å². The molecule has 0 N–H and O–H groups in total. The van der Waals surface area contributed by atoms with Gasteiger partial charge < -0.3 is 9.64 Å². The maximum absolute atomic E-state index is 6.35. The molecule has 2 nitrogen and oxygen atoms in total. The molecule has 0 amide bonds. The molecule has 0 aromatic heterocycles. The third kappa shape index (κ3) is 5.39. The molecule has 0 aliphatic carbocycles. The minimum absolute atomic E-state index is 0.727. The first-order chi connectivity index (χ1) is 12.5. The highest BCUT2D eigenvalue weighted by Gasteiger charge is 2.20. The maximum Gasteiger partial charge on any atom is 0.120 e. The lowest BCUT2D eigenvalue weighted by atomic mass is 9.90. The average molecular weight is 457 g/mol. The third-order valence-corrected chi connectivity index (χ3v) is 6.54. The van der Waals surface area contributed by atoms with E-state index in [9.17, 15) is 0 Å². The number of hydrogen-bond acceptors (Lipinski definition) is 2. The highest BCUT2D eigenvalue weighted by Crippen LogP contribution is 2.28. The Kier molecular flexibility index (Phi) is 7.27. The number of halogens is 3. The van der Waals surface area contributed by atoms with Crippen molar-refractivity contribution in [1.82, 2.24) is 4.90 Å². The van der Waals surface area contributed by atoms with E-state index in [4.69, 9.17) is 27.9 Å². The fraction of sp³-hybridized carbons (Fsp3) is 0.429. The molecular formula is C21H24BrCl2NO. The summed E-state index contributed by atoms with van der Waals surface area (Å²) >= 11 is 16.1. The van der Waals surface area contributed by atoms with E-state index >= 15 is 0 Å². The molecule has 3 rings (SSSR count). The second-order valence-corrected chi connectivity index (χ2v) is 8.63. The van der Waals surface area contributed by atoms with Crippen molar-refractivity contribution in [2.75, 3.05) is 26.7 Å². The molecule has 1 heterocycles. The van der Waals surface area contributed by atoms with Crippen molar-refractivity contribution >= 4 is 39.1 Å². The van der Waals surface area contributed by atoms with Crippen molar-refractivity contribution in [2.45, 2.75) is 25.7 Å². The van der Waals surface area contributed by atoms with Crippen LogP contribution in [0.5, 0.6) is 5.75 Å².